The van der Waals surface area contributed by atoms with Crippen molar-refractivity contribution in [1.29, 1.82) is 5.26 Å². The van der Waals surface area contributed by atoms with Crippen molar-refractivity contribution in [1.82, 2.24) is 0 Å². The third-order valence-corrected chi connectivity index (χ3v) is 6.13. The molecule has 3 aromatic carbocycles. The third kappa shape index (κ3) is 4.45. The molecule has 3 aromatic rings. The van der Waals surface area contributed by atoms with Gasteiger partial charge in [-0.25, -0.2) is 13.2 Å². The summed E-state index contributed by atoms with van der Waals surface area (Å²) < 4.78 is 32.2. The number of hydrogen-bond donors (Lipinski definition) is 0. The van der Waals surface area contributed by atoms with E-state index in [0.29, 0.717) is 16.8 Å². The van der Waals surface area contributed by atoms with Crippen LogP contribution in [0.15, 0.2) is 83.8 Å². The van der Waals surface area contributed by atoms with E-state index < -0.39 is 16.0 Å². The molecule has 0 atom stereocenters. The minimum atomic E-state index is -3.84. The number of esters is 1. The lowest BCUT2D eigenvalue weighted by Gasteiger charge is -2.19. The van der Waals surface area contributed by atoms with E-state index in [2.05, 4.69) is 0 Å². The van der Waals surface area contributed by atoms with Crippen LogP contribution in [0.5, 0.6) is 0 Å². The molecule has 6 nitrogen and oxygen atoms in total. The number of ether oxygens (including phenoxy) is 1. The highest BCUT2D eigenvalue weighted by Gasteiger charge is 2.22. The summed E-state index contributed by atoms with van der Waals surface area (Å²) in [5.74, 6) is -0.669. The van der Waals surface area contributed by atoms with Crippen molar-refractivity contribution >= 4 is 21.7 Å². The predicted octanol–water partition coefficient (Wildman–Crippen LogP) is 3.74. The molecule has 146 valence electrons. The van der Waals surface area contributed by atoms with Gasteiger partial charge >= 0.3 is 5.97 Å². The van der Waals surface area contributed by atoms with E-state index >= 15 is 0 Å². The predicted molar refractivity (Wildman–Crippen MR) is 109 cm³/mol. The van der Waals surface area contributed by atoms with Crippen LogP contribution in [0.4, 0.5) is 5.69 Å². The molecule has 0 saturated heterocycles. The van der Waals surface area contributed by atoms with Crippen molar-refractivity contribution in [3.8, 4) is 6.07 Å². The molecule has 0 aliphatic heterocycles. The second-order valence-corrected chi connectivity index (χ2v) is 8.15. The van der Waals surface area contributed by atoms with E-state index in [1.807, 2.05) is 6.07 Å². The minimum absolute atomic E-state index is 0.0178. The summed E-state index contributed by atoms with van der Waals surface area (Å²) in [6, 6.07) is 23.2. The van der Waals surface area contributed by atoms with E-state index in [-0.39, 0.29) is 17.1 Å². The zero-order valence-corrected chi connectivity index (χ0v) is 16.5. The van der Waals surface area contributed by atoms with Gasteiger partial charge in [-0.3, -0.25) is 4.31 Å². The Kier molecular flexibility index (Phi) is 5.96. The Bertz CT molecular complexity index is 1170. The molecule has 0 aliphatic carbocycles. The first-order chi connectivity index (χ1) is 13.9. The fourth-order valence-corrected chi connectivity index (χ4v) is 3.94. The highest BCUT2D eigenvalue weighted by atomic mass is 32.2. The lowest BCUT2D eigenvalue weighted by atomic mass is 10.1. The Morgan fingerprint density at radius 2 is 1.69 bits per heavy atom. The van der Waals surface area contributed by atoms with Gasteiger partial charge in [0, 0.05) is 12.6 Å². The Morgan fingerprint density at radius 3 is 2.41 bits per heavy atom. The first-order valence-electron chi connectivity index (χ1n) is 8.72. The van der Waals surface area contributed by atoms with Gasteiger partial charge in [-0.1, -0.05) is 42.5 Å². The number of hydrogen-bond acceptors (Lipinski definition) is 5. The summed E-state index contributed by atoms with van der Waals surface area (Å²) >= 11 is 0. The van der Waals surface area contributed by atoms with Gasteiger partial charge in [0.25, 0.3) is 10.0 Å². The molecule has 0 bridgehead atoms. The van der Waals surface area contributed by atoms with Gasteiger partial charge in [0.05, 0.1) is 27.8 Å². The number of para-hydroxylation sites is 1. The molecule has 0 N–H and O–H groups in total. The van der Waals surface area contributed by atoms with Crippen LogP contribution in [0.1, 0.15) is 21.5 Å². The van der Waals surface area contributed by atoms with Crippen molar-refractivity contribution in [2.24, 2.45) is 0 Å². The van der Waals surface area contributed by atoms with Crippen LogP contribution in [-0.4, -0.2) is 21.4 Å². The van der Waals surface area contributed by atoms with Crippen molar-refractivity contribution in [2.45, 2.75) is 11.5 Å². The number of rotatable bonds is 6. The van der Waals surface area contributed by atoms with Crippen LogP contribution in [0.2, 0.25) is 0 Å². The smallest absolute Gasteiger partial charge is 0.338 e. The maximum absolute atomic E-state index is 12.9. The summed E-state index contributed by atoms with van der Waals surface area (Å²) in [5.41, 5.74) is 1.62. The molecule has 0 radical (unpaired) electrons. The summed E-state index contributed by atoms with van der Waals surface area (Å²) in [6.07, 6.45) is 0. The van der Waals surface area contributed by atoms with Crippen molar-refractivity contribution in [2.75, 3.05) is 11.4 Å². The highest BCUT2D eigenvalue weighted by molar-refractivity contribution is 7.92. The Hall–Kier alpha value is -3.63. The van der Waals surface area contributed by atoms with E-state index in [0.717, 1.165) is 4.31 Å². The Balaban J connectivity index is 1.80. The molecular formula is C22H18N2O4S. The van der Waals surface area contributed by atoms with Gasteiger partial charge in [-0.2, -0.15) is 5.26 Å². The van der Waals surface area contributed by atoms with Gasteiger partial charge in [-0.15, -0.1) is 0 Å². The van der Waals surface area contributed by atoms with Crippen LogP contribution in [0.3, 0.4) is 0 Å². The van der Waals surface area contributed by atoms with Gasteiger partial charge in [0.2, 0.25) is 0 Å². The number of nitrogens with zero attached hydrogens (tertiary/aromatic N) is 2. The van der Waals surface area contributed by atoms with Crippen molar-refractivity contribution < 1.29 is 17.9 Å². The molecule has 0 saturated carbocycles. The van der Waals surface area contributed by atoms with Crippen LogP contribution in [-0.2, 0) is 21.4 Å². The molecule has 0 aromatic heterocycles. The Labute approximate surface area is 169 Å². The number of carbonyl (C=O) groups is 1. The fraction of sp³-hybridized carbons (Fsp3) is 0.0909. The fourth-order valence-electron chi connectivity index (χ4n) is 2.70. The first-order valence-corrected chi connectivity index (χ1v) is 10.2. The van der Waals surface area contributed by atoms with E-state index in [1.165, 1.54) is 31.3 Å². The average molecular weight is 406 g/mol. The summed E-state index contributed by atoms with van der Waals surface area (Å²) in [7, 11) is -2.39. The summed E-state index contributed by atoms with van der Waals surface area (Å²) in [5, 5.41) is 9.11. The molecule has 7 heteroatoms. The molecule has 0 aliphatic rings. The quantitative estimate of drug-likeness (QED) is 0.582. The Morgan fingerprint density at radius 1 is 1.00 bits per heavy atom. The van der Waals surface area contributed by atoms with Crippen molar-refractivity contribution in [3.05, 3.63) is 95.6 Å². The SMILES string of the molecule is CN(c1ccccc1)S(=O)(=O)c1cccc(C(=O)OCc2ccccc2C#N)c1. The van der Waals surface area contributed by atoms with E-state index in [4.69, 9.17) is 10.00 Å². The number of carbonyl (C=O) groups excluding carboxylic acids is 1. The first kappa shape index (κ1) is 20.1. The average Bonchev–Trinajstić information content (AvgIpc) is 2.77. The zero-order chi connectivity index (χ0) is 20.9. The summed E-state index contributed by atoms with van der Waals surface area (Å²) in [4.78, 5) is 12.4. The molecule has 29 heavy (non-hydrogen) atoms. The monoisotopic (exact) mass is 406 g/mol. The molecule has 0 spiro atoms. The van der Waals surface area contributed by atoms with Gasteiger partial charge in [0.15, 0.2) is 0 Å². The lowest BCUT2D eigenvalue weighted by Crippen LogP contribution is -2.26. The van der Waals surface area contributed by atoms with Gasteiger partial charge in [0.1, 0.15) is 6.61 Å². The second-order valence-electron chi connectivity index (χ2n) is 6.18. The van der Waals surface area contributed by atoms with Crippen LogP contribution in [0, 0.1) is 11.3 Å². The standard InChI is InChI=1S/C22H18N2O4S/c1-24(20-11-3-2-4-12-20)29(26,27)21-13-7-10-17(14-21)22(25)28-16-19-9-6-5-8-18(19)15-23/h2-14H,16H2,1H3. The van der Waals surface area contributed by atoms with Crippen molar-refractivity contribution in [3.63, 3.8) is 0 Å². The number of benzene rings is 3. The van der Waals surface area contributed by atoms with Gasteiger partial charge < -0.3 is 4.74 Å². The summed E-state index contributed by atoms with van der Waals surface area (Å²) in [6.45, 7) is -0.0799. The lowest BCUT2D eigenvalue weighted by molar-refractivity contribution is 0.0472. The molecule has 0 fully saturated rings. The normalized spacial score (nSPS) is 10.8. The minimum Gasteiger partial charge on any atom is -0.457 e. The molecule has 0 unspecified atom stereocenters. The maximum Gasteiger partial charge on any atom is 0.338 e. The van der Waals surface area contributed by atoms with Crippen LogP contribution >= 0.6 is 0 Å². The van der Waals surface area contributed by atoms with E-state index in [9.17, 15) is 13.2 Å². The topological polar surface area (TPSA) is 87.5 Å². The van der Waals surface area contributed by atoms with E-state index in [1.54, 1.807) is 54.6 Å². The third-order valence-electron chi connectivity index (χ3n) is 4.34. The molecule has 0 heterocycles. The number of anilines is 1. The van der Waals surface area contributed by atoms with Gasteiger partial charge in [-0.05, 0) is 36.4 Å². The maximum atomic E-state index is 12.9. The van der Waals surface area contributed by atoms with Crippen LogP contribution < -0.4 is 4.31 Å². The number of nitriles is 1. The highest BCUT2D eigenvalue weighted by Crippen LogP contribution is 2.22. The van der Waals surface area contributed by atoms with Crippen LogP contribution in [0.25, 0.3) is 0 Å². The molecule has 0 amide bonds. The largest absolute Gasteiger partial charge is 0.457 e. The molecule has 3 rings (SSSR count). The number of sulfonamides is 1. The second kappa shape index (κ2) is 8.59. The molecular weight excluding hydrogens is 388 g/mol. The zero-order valence-electron chi connectivity index (χ0n) is 15.6.